The van der Waals surface area contributed by atoms with Crippen molar-refractivity contribution in [1.82, 2.24) is 30.4 Å². The Morgan fingerprint density at radius 1 is 1.30 bits per heavy atom. The lowest BCUT2D eigenvalue weighted by Gasteiger charge is -2.05. The smallest absolute Gasteiger partial charge is 0.256 e. The van der Waals surface area contributed by atoms with Gasteiger partial charge in [0.25, 0.3) is 5.91 Å². The number of hydrogen-bond acceptors (Lipinski definition) is 5. The molecule has 1 aromatic carbocycles. The van der Waals surface area contributed by atoms with Gasteiger partial charge in [-0.05, 0) is 41.6 Å². The van der Waals surface area contributed by atoms with Crippen LogP contribution in [0.1, 0.15) is 15.9 Å². The van der Waals surface area contributed by atoms with Crippen LogP contribution in [0, 0.1) is 6.92 Å². The van der Waals surface area contributed by atoms with E-state index >= 15 is 0 Å². The zero-order valence-corrected chi connectivity index (χ0v) is 10.6. The van der Waals surface area contributed by atoms with Crippen molar-refractivity contribution in [3.8, 4) is 5.69 Å². The average molecular weight is 269 g/mol. The summed E-state index contributed by atoms with van der Waals surface area (Å²) in [5, 5.41) is 20.2. The summed E-state index contributed by atoms with van der Waals surface area (Å²) in [5.74, 6) is 0.389. The summed E-state index contributed by atoms with van der Waals surface area (Å²) in [6.45, 7) is 1.86. The fourth-order valence-corrected chi connectivity index (χ4v) is 1.70. The maximum atomic E-state index is 12.1. The van der Waals surface area contributed by atoms with Crippen LogP contribution in [0.25, 0.3) is 5.69 Å². The quantitative estimate of drug-likeness (QED) is 0.737. The molecule has 2 aromatic heterocycles. The van der Waals surface area contributed by atoms with Gasteiger partial charge < -0.3 is 5.32 Å². The fourth-order valence-electron chi connectivity index (χ4n) is 1.70. The van der Waals surface area contributed by atoms with E-state index in [-0.39, 0.29) is 5.91 Å². The fraction of sp³-hybridized carbons (Fsp3) is 0.0833. The first-order valence-electron chi connectivity index (χ1n) is 5.89. The van der Waals surface area contributed by atoms with Crippen LogP contribution in [0.3, 0.4) is 0 Å². The lowest BCUT2D eigenvalue weighted by atomic mass is 10.2. The first-order chi connectivity index (χ1) is 9.74. The first kappa shape index (κ1) is 12.0. The maximum absolute atomic E-state index is 12.1. The molecule has 0 radical (unpaired) electrons. The van der Waals surface area contributed by atoms with Crippen LogP contribution in [0.5, 0.6) is 0 Å². The molecule has 0 aliphatic carbocycles. The molecule has 3 rings (SSSR count). The summed E-state index contributed by atoms with van der Waals surface area (Å²) >= 11 is 0. The minimum atomic E-state index is -0.208. The number of tetrazole rings is 1. The molecule has 0 saturated carbocycles. The topological polar surface area (TPSA) is 101 Å². The number of carbonyl (C=O) groups is 1. The molecule has 0 bridgehead atoms. The lowest BCUT2D eigenvalue weighted by Crippen LogP contribution is -2.13. The summed E-state index contributed by atoms with van der Waals surface area (Å²) < 4.78 is 1.51. The van der Waals surface area contributed by atoms with Crippen LogP contribution in [-0.4, -0.2) is 36.3 Å². The number of H-pyrrole nitrogens is 1. The van der Waals surface area contributed by atoms with Crippen molar-refractivity contribution in [3.05, 3.63) is 47.9 Å². The van der Waals surface area contributed by atoms with Crippen molar-refractivity contribution in [2.45, 2.75) is 6.92 Å². The number of aryl methyl sites for hydroxylation is 1. The molecular formula is C12H11N7O. The molecule has 0 aliphatic heterocycles. The van der Waals surface area contributed by atoms with E-state index in [1.165, 1.54) is 11.0 Å². The molecule has 20 heavy (non-hydrogen) atoms. The van der Waals surface area contributed by atoms with Crippen LogP contribution in [0.15, 0.2) is 36.8 Å². The van der Waals surface area contributed by atoms with Crippen molar-refractivity contribution < 1.29 is 4.79 Å². The van der Waals surface area contributed by atoms with Gasteiger partial charge in [-0.3, -0.25) is 9.89 Å². The third kappa shape index (κ3) is 2.26. The number of aromatic nitrogens is 6. The Labute approximate surface area is 113 Å². The number of nitrogens with one attached hydrogen (secondary N) is 2. The van der Waals surface area contributed by atoms with Gasteiger partial charge in [0.1, 0.15) is 12.1 Å². The number of amides is 1. The first-order valence-corrected chi connectivity index (χ1v) is 5.89. The molecule has 0 unspecified atom stereocenters. The summed E-state index contributed by atoms with van der Waals surface area (Å²) in [5.41, 5.74) is 2.20. The van der Waals surface area contributed by atoms with E-state index in [0.29, 0.717) is 11.4 Å². The second-order valence-corrected chi connectivity index (χ2v) is 4.18. The summed E-state index contributed by atoms with van der Waals surface area (Å²) in [6.07, 6.45) is 3.14. The highest BCUT2D eigenvalue weighted by Gasteiger charge is 2.09. The zero-order chi connectivity index (χ0) is 13.9. The molecule has 8 nitrogen and oxygen atoms in total. The Bertz CT molecular complexity index is 715. The van der Waals surface area contributed by atoms with E-state index in [1.54, 1.807) is 30.5 Å². The van der Waals surface area contributed by atoms with E-state index in [9.17, 15) is 4.79 Å². The number of nitrogens with zero attached hydrogens (tertiary/aromatic N) is 5. The Morgan fingerprint density at radius 2 is 2.10 bits per heavy atom. The second kappa shape index (κ2) is 4.92. The summed E-state index contributed by atoms with van der Waals surface area (Å²) in [4.78, 5) is 12.1. The standard InChI is InChI=1S/C12H11N7O/c1-8-6-13-16-11(8)15-12(20)9-2-4-10(5-3-9)19-7-14-17-18-19/h2-7H,1H3,(H2,13,15,16,20). The van der Waals surface area contributed by atoms with Crippen molar-refractivity contribution in [2.75, 3.05) is 5.32 Å². The van der Waals surface area contributed by atoms with Gasteiger partial charge in [0, 0.05) is 11.1 Å². The van der Waals surface area contributed by atoms with E-state index in [4.69, 9.17) is 0 Å². The lowest BCUT2D eigenvalue weighted by molar-refractivity contribution is 0.102. The van der Waals surface area contributed by atoms with Crippen molar-refractivity contribution in [3.63, 3.8) is 0 Å². The van der Waals surface area contributed by atoms with E-state index in [2.05, 4.69) is 31.0 Å². The van der Waals surface area contributed by atoms with Gasteiger partial charge in [-0.2, -0.15) is 5.10 Å². The van der Waals surface area contributed by atoms with E-state index in [1.807, 2.05) is 6.92 Å². The molecule has 0 atom stereocenters. The third-order valence-corrected chi connectivity index (χ3v) is 2.81. The number of benzene rings is 1. The summed E-state index contributed by atoms with van der Waals surface area (Å²) in [7, 11) is 0. The van der Waals surface area contributed by atoms with Gasteiger partial charge in [-0.15, -0.1) is 5.10 Å². The predicted molar refractivity (Wildman–Crippen MR) is 70.4 cm³/mol. The van der Waals surface area contributed by atoms with Crippen LogP contribution in [-0.2, 0) is 0 Å². The molecule has 2 heterocycles. The average Bonchev–Trinajstić information content (AvgIpc) is 3.12. The maximum Gasteiger partial charge on any atom is 0.256 e. The number of aromatic amines is 1. The molecule has 0 saturated heterocycles. The molecule has 2 N–H and O–H groups in total. The number of hydrogen-bond donors (Lipinski definition) is 2. The Balaban J connectivity index is 1.78. The number of anilines is 1. The Kier molecular flexibility index (Phi) is 2.96. The molecule has 3 aromatic rings. The molecule has 100 valence electrons. The third-order valence-electron chi connectivity index (χ3n) is 2.81. The zero-order valence-electron chi connectivity index (χ0n) is 10.6. The SMILES string of the molecule is Cc1cn[nH]c1NC(=O)c1ccc(-n2cnnn2)cc1. The Hall–Kier alpha value is -3.03. The molecule has 0 fully saturated rings. The molecule has 1 amide bonds. The highest BCUT2D eigenvalue weighted by molar-refractivity contribution is 6.04. The van der Waals surface area contributed by atoms with Gasteiger partial charge in [-0.25, -0.2) is 4.68 Å². The number of rotatable bonds is 3. The van der Waals surface area contributed by atoms with Gasteiger partial charge in [-0.1, -0.05) is 0 Å². The molecule has 0 aliphatic rings. The van der Waals surface area contributed by atoms with Gasteiger partial charge in [0.2, 0.25) is 0 Å². The van der Waals surface area contributed by atoms with Crippen molar-refractivity contribution >= 4 is 11.7 Å². The largest absolute Gasteiger partial charge is 0.307 e. The minimum absolute atomic E-state index is 0.208. The van der Waals surface area contributed by atoms with Gasteiger partial charge >= 0.3 is 0 Å². The molecule has 8 heteroatoms. The number of carbonyl (C=O) groups excluding carboxylic acids is 1. The highest BCUT2D eigenvalue weighted by Crippen LogP contribution is 2.12. The van der Waals surface area contributed by atoms with Crippen LogP contribution < -0.4 is 5.32 Å². The summed E-state index contributed by atoms with van der Waals surface area (Å²) in [6, 6.07) is 6.95. The monoisotopic (exact) mass is 269 g/mol. The molecular weight excluding hydrogens is 258 g/mol. The van der Waals surface area contributed by atoms with Crippen molar-refractivity contribution in [1.29, 1.82) is 0 Å². The van der Waals surface area contributed by atoms with E-state index in [0.717, 1.165) is 11.3 Å². The minimum Gasteiger partial charge on any atom is -0.307 e. The predicted octanol–water partition coefficient (Wildman–Crippen LogP) is 0.946. The van der Waals surface area contributed by atoms with Crippen LogP contribution in [0.4, 0.5) is 5.82 Å². The van der Waals surface area contributed by atoms with Gasteiger partial charge in [0.05, 0.1) is 11.9 Å². The van der Waals surface area contributed by atoms with Crippen molar-refractivity contribution in [2.24, 2.45) is 0 Å². The van der Waals surface area contributed by atoms with Gasteiger partial charge in [0.15, 0.2) is 0 Å². The molecule has 0 spiro atoms. The Morgan fingerprint density at radius 3 is 2.70 bits per heavy atom. The second-order valence-electron chi connectivity index (χ2n) is 4.18. The van der Waals surface area contributed by atoms with E-state index < -0.39 is 0 Å². The van der Waals surface area contributed by atoms with Crippen LogP contribution >= 0.6 is 0 Å². The normalized spacial score (nSPS) is 10.4. The highest BCUT2D eigenvalue weighted by atomic mass is 16.1. The van der Waals surface area contributed by atoms with Crippen LogP contribution in [0.2, 0.25) is 0 Å².